The second-order valence-electron chi connectivity index (χ2n) is 5.79. The number of benzene rings is 3. The van der Waals surface area contributed by atoms with Crippen molar-refractivity contribution in [2.75, 3.05) is 17.1 Å². The van der Waals surface area contributed by atoms with Gasteiger partial charge in [-0.1, -0.05) is 23.7 Å². The monoisotopic (exact) mass is 416 g/mol. The number of hydrogen-bond donors (Lipinski definition) is 2. The third-order valence-electron chi connectivity index (χ3n) is 3.88. The molecule has 3 rings (SSSR count). The molecule has 0 spiro atoms. The number of ether oxygens (including phenoxy) is 1. The van der Waals surface area contributed by atoms with Gasteiger partial charge in [-0.3, -0.25) is 9.52 Å². The number of hydrogen-bond acceptors (Lipinski definition) is 4. The predicted molar refractivity (Wildman–Crippen MR) is 110 cm³/mol. The van der Waals surface area contributed by atoms with E-state index in [-0.39, 0.29) is 10.8 Å². The highest BCUT2D eigenvalue weighted by atomic mass is 35.5. The van der Waals surface area contributed by atoms with E-state index in [9.17, 15) is 13.2 Å². The zero-order valence-electron chi connectivity index (χ0n) is 14.8. The molecule has 6 nitrogen and oxygen atoms in total. The van der Waals surface area contributed by atoms with E-state index in [4.69, 9.17) is 16.3 Å². The number of anilines is 2. The van der Waals surface area contributed by atoms with Gasteiger partial charge in [0.2, 0.25) is 0 Å². The summed E-state index contributed by atoms with van der Waals surface area (Å²) >= 11 is 5.82. The van der Waals surface area contributed by atoms with Crippen LogP contribution in [0.2, 0.25) is 5.02 Å². The Morgan fingerprint density at radius 1 is 0.929 bits per heavy atom. The molecular weight excluding hydrogens is 400 g/mol. The van der Waals surface area contributed by atoms with Crippen LogP contribution in [0.5, 0.6) is 5.75 Å². The van der Waals surface area contributed by atoms with Gasteiger partial charge in [0.15, 0.2) is 0 Å². The molecule has 0 aliphatic carbocycles. The number of carbonyl (C=O) groups is 1. The second kappa shape index (κ2) is 8.33. The summed E-state index contributed by atoms with van der Waals surface area (Å²) in [6.45, 7) is 0. The zero-order chi connectivity index (χ0) is 20.1. The Labute approximate surface area is 168 Å². The van der Waals surface area contributed by atoms with Crippen molar-refractivity contribution in [3.63, 3.8) is 0 Å². The van der Waals surface area contributed by atoms with Crippen molar-refractivity contribution in [2.24, 2.45) is 0 Å². The molecule has 144 valence electrons. The van der Waals surface area contributed by atoms with Crippen LogP contribution in [0, 0.1) is 0 Å². The van der Waals surface area contributed by atoms with Gasteiger partial charge in [-0.25, -0.2) is 8.42 Å². The van der Waals surface area contributed by atoms with Gasteiger partial charge >= 0.3 is 0 Å². The highest BCUT2D eigenvalue weighted by molar-refractivity contribution is 7.92. The number of methoxy groups -OCH3 is 1. The van der Waals surface area contributed by atoms with Crippen LogP contribution in [-0.4, -0.2) is 21.4 Å². The van der Waals surface area contributed by atoms with Crippen molar-refractivity contribution in [3.05, 3.63) is 83.4 Å². The van der Waals surface area contributed by atoms with Crippen LogP contribution in [0.4, 0.5) is 11.4 Å². The lowest BCUT2D eigenvalue weighted by molar-refractivity contribution is 0.102. The van der Waals surface area contributed by atoms with Gasteiger partial charge in [-0.2, -0.15) is 0 Å². The topological polar surface area (TPSA) is 84.5 Å². The minimum atomic E-state index is -3.83. The molecule has 0 fully saturated rings. The molecule has 0 atom stereocenters. The Kier molecular flexibility index (Phi) is 5.87. The van der Waals surface area contributed by atoms with E-state index < -0.39 is 10.0 Å². The summed E-state index contributed by atoms with van der Waals surface area (Å²) in [5.74, 6) is 0.0500. The standard InChI is InChI=1S/C20H17ClN2O4S/c1-27-19-5-3-2-4-18(19)23-28(25,26)17-12-6-14(7-13-17)20(24)22-16-10-8-15(21)9-11-16/h2-13,23H,1H3,(H,22,24). The van der Waals surface area contributed by atoms with E-state index in [1.165, 1.54) is 31.4 Å². The number of amides is 1. The van der Waals surface area contributed by atoms with Crippen LogP contribution >= 0.6 is 11.6 Å². The molecule has 0 aliphatic rings. The molecule has 28 heavy (non-hydrogen) atoms. The van der Waals surface area contributed by atoms with Gasteiger partial charge in [-0.05, 0) is 60.7 Å². The molecule has 0 heterocycles. The van der Waals surface area contributed by atoms with Gasteiger partial charge in [0.05, 0.1) is 17.7 Å². The SMILES string of the molecule is COc1ccccc1NS(=O)(=O)c1ccc(C(=O)Nc2ccc(Cl)cc2)cc1. The van der Waals surface area contributed by atoms with Crippen molar-refractivity contribution in [1.82, 2.24) is 0 Å². The lowest BCUT2D eigenvalue weighted by Crippen LogP contribution is -2.15. The van der Waals surface area contributed by atoms with Crippen LogP contribution < -0.4 is 14.8 Å². The number of rotatable bonds is 6. The normalized spacial score (nSPS) is 10.9. The largest absolute Gasteiger partial charge is 0.495 e. The molecule has 2 N–H and O–H groups in total. The molecule has 0 aliphatic heterocycles. The van der Waals surface area contributed by atoms with Crippen LogP contribution in [0.25, 0.3) is 0 Å². The fourth-order valence-corrected chi connectivity index (χ4v) is 3.65. The Morgan fingerprint density at radius 2 is 1.57 bits per heavy atom. The molecule has 8 heteroatoms. The summed E-state index contributed by atoms with van der Waals surface area (Å²) in [6, 6.07) is 19.0. The van der Waals surface area contributed by atoms with Gasteiger partial charge in [-0.15, -0.1) is 0 Å². The Bertz CT molecular complexity index is 1080. The van der Waals surface area contributed by atoms with Crippen LogP contribution in [0.1, 0.15) is 10.4 Å². The highest BCUT2D eigenvalue weighted by Gasteiger charge is 2.17. The summed E-state index contributed by atoms with van der Waals surface area (Å²) < 4.78 is 32.8. The van der Waals surface area contributed by atoms with Gasteiger partial charge in [0.25, 0.3) is 15.9 Å². The molecule has 0 aromatic heterocycles. The van der Waals surface area contributed by atoms with E-state index >= 15 is 0 Å². The maximum atomic E-state index is 12.6. The van der Waals surface area contributed by atoms with E-state index in [1.54, 1.807) is 48.5 Å². The van der Waals surface area contributed by atoms with E-state index in [0.29, 0.717) is 27.7 Å². The van der Waals surface area contributed by atoms with Crippen molar-refractivity contribution >= 4 is 38.9 Å². The summed E-state index contributed by atoms with van der Waals surface area (Å²) in [5.41, 5.74) is 1.24. The molecule has 0 unspecified atom stereocenters. The van der Waals surface area contributed by atoms with Crippen LogP contribution in [0.3, 0.4) is 0 Å². The quantitative estimate of drug-likeness (QED) is 0.623. The highest BCUT2D eigenvalue weighted by Crippen LogP contribution is 2.26. The predicted octanol–water partition coefficient (Wildman–Crippen LogP) is 4.40. The molecule has 0 radical (unpaired) electrons. The minimum absolute atomic E-state index is 0.0291. The number of halogens is 1. The zero-order valence-corrected chi connectivity index (χ0v) is 16.4. The van der Waals surface area contributed by atoms with E-state index in [2.05, 4.69) is 10.0 Å². The maximum absolute atomic E-state index is 12.6. The molecule has 3 aromatic rings. The Morgan fingerprint density at radius 3 is 2.21 bits per heavy atom. The first-order valence-electron chi connectivity index (χ1n) is 8.22. The summed E-state index contributed by atoms with van der Waals surface area (Å²) in [5, 5.41) is 3.28. The Balaban J connectivity index is 1.75. The summed E-state index contributed by atoms with van der Waals surface area (Å²) in [6.07, 6.45) is 0. The smallest absolute Gasteiger partial charge is 0.262 e. The number of para-hydroxylation sites is 2. The molecular formula is C20H17ClN2O4S. The van der Waals surface area contributed by atoms with Gasteiger partial charge < -0.3 is 10.1 Å². The second-order valence-corrected chi connectivity index (χ2v) is 7.91. The fraction of sp³-hybridized carbons (Fsp3) is 0.0500. The molecule has 3 aromatic carbocycles. The molecule has 0 bridgehead atoms. The van der Waals surface area contributed by atoms with E-state index in [1.807, 2.05) is 0 Å². The first-order valence-corrected chi connectivity index (χ1v) is 10.1. The third kappa shape index (κ3) is 4.62. The Hall–Kier alpha value is -3.03. The summed E-state index contributed by atoms with van der Waals surface area (Å²) in [7, 11) is -2.37. The van der Waals surface area contributed by atoms with Crippen molar-refractivity contribution in [2.45, 2.75) is 4.90 Å². The van der Waals surface area contributed by atoms with Gasteiger partial charge in [0.1, 0.15) is 5.75 Å². The molecule has 1 amide bonds. The average Bonchev–Trinajstić information content (AvgIpc) is 2.70. The number of carbonyl (C=O) groups excluding carboxylic acids is 1. The fourth-order valence-electron chi connectivity index (χ4n) is 2.45. The van der Waals surface area contributed by atoms with Crippen molar-refractivity contribution in [1.29, 1.82) is 0 Å². The number of nitrogens with one attached hydrogen (secondary N) is 2. The van der Waals surface area contributed by atoms with Gasteiger partial charge in [0, 0.05) is 16.3 Å². The number of sulfonamides is 1. The maximum Gasteiger partial charge on any atom is 0.262 e. The lowest BCUT2D eigenvalue weighted by atomic mass is 10.2. The first kappa shape index (κ1) is 19.7. The van der Waals surface area contributed by atoms with E-state index in [0.717, 1.165) is 0 Å². The van der Waals surface area contributed by atoms with Crippen molar-refractivity contribution < 1.29 is 17.9 Å². The average molecular weight is 417 g/mol. The molecule has 0 saturated carbocycles. The van der Waals surface area contributed by atoms with Crippen LogP contribution in [0.15, 0.2) is 77.7 Å². The minimum Gasteiger partial charge on any atom is -0.495 e. The van der Waals surface area contributed by atoms with Crippen LogP contribution in [-0.2, 0) is 10.0 Å². The lowest BCUT2D eigenvalue weighted by Gasteiger charge is -2.12. The first-order chi connectivity index (χ1) is 13.4. The molecule has 0 saturated heterocycles. The third-order valence-corrected chi connectivity index (χ3v) is 5.51. The van der Waals surface area contributed by atoms with Crippen molar-refractivity contribution in [3.8, 4) is 5.75 Å². The summed E-state index contributed by atoms with van der Waals surface area (Å²) in [4.78, 5) is 12.3.